The van der Waals surface area contributed by atoms with E-state index < -0.39 is 0 Å². The van der Waals surface area contributed by atoms with E-state index in [1.165, 1.54) is 10.9 Å². The van der Waals surface area contributed by atoms with Crippen molar-refractivity contribution in [3.8, 4) is 0 Å². The lowest BCUT2D eigenvalue weighted by atomic mass is 10.1. The van der Waals surface area contributed by atoms with Gasteiger partial charge >= 0.3 is 0 Å². The Balaban J connectivity index is 2.84. The molecule has 0 spiro atoms. The van der Waals surface area contributed by atoms with Crippen molar-refractivity contribution in [2.75, 3.05) is 13.3 Å². The fourth-order valence-electron chi connectivity index (χ4n) is 1.33. The zero-order chi connectivity index (χ0) is 9.68. The summed E-state index contributed by atoms with van der Waals surface area (Å²) in [5.74, 6) is 0. The molecule has 0 aromatic heterocycles. The van der Waals surface area contributed by atoms with E-state index >= 15 is 0 Å². The first-order valence-corrected chi connectivity index (χ1v) is 6.68. The Morgan fingerprint density at radius 2 is 2.00 bits per heavy atom. The van der Waals surface area contributed by atoms with Gasteiger partial charge in [-0.05, 0) is 37.0 Å². The normalized spacial score (nSPS) is 10.4. The van der Waals surface area contributed by atoms with Gasteiger partial charge in [0.25, 0.3) is 0 Å². The minimum Gasteiger partial charge on any atom is -0.103 e. The lowest BCUT2D eigenvalue weighted by Gasteiger charge is -2.11. The summed E-state index contributed by atoms with van der Waals surface area (Å²) in [5, 5.41) is 1.51. The summed E-state index contributed by atoms with van der Waals surface area (Å²) in [6.07, 6.45) is 4.99. The van der Waals surface area contributed by atoms with Gasteiger partial charge in [0.15, 0.2) is 0 Å². The highest BCUT2D eigenvalue weighted by Crippen LogP contribution is 2.25. The molecular weight excluding hydrogens is 175 g/mol. The molecule has 0 aliphatic carbocycles. The lowest BCUT2D eigenvalue weighted by Crippen LogP contribution is -2.06. The van der Waals surface area contributed by atoms with Gasteiger partial charge in [0.1, 0.15) is 0 Å². The van der Waals surface area contributed by atoms with Crippen LogP contribution < -0.4 is 5.30 Å². The van der Waals surface area contributed by atoms with Crippen LogP contribution >= 0.6 is 7.92 Å². The first-order valence-electron chi connectivity index (χ1n) is 4.45. The van der Waals surface area contributed by atoms with E-state index in [0.717, 1.165) is 6.42 Å². The third kappa shape index (κ3) is 2.97. The van der Waals surface area contributed by atoms with E-state index in [1.54, 1.807) is 0 Å². The molecule has 69 valence electrons. The predicted molar refractivity (Wildman–Crippen MR) is 63.0 cm³/mol. The molecule has 0 saturated heterocycles. The maximum atomic E-state index is 3.70. The van der Waals surface area contributed by atoms with Gasteiger partial charge in [-0.25, -0.2) is 0 Å². The average molecular weight is 191 g/mol. The molecule has 0 aliphatic heterocycles. The van der Waals surface area contributed by atoms with Crippen LogP contribution in [0.1, 0.15) is 5.56 Å². The maximum Gasteiger partial charge on any atom is -0.0129 e. The molecule has 0 N–H and O–H groups in total. The number of hydrogen-bond acceptors (Lipinski definition) is 0. The minimum atomic E-state index is 0.0128. The number of rotatable bonds is 4. The maximum absolute atomic E-state index is 3.70. The van der Waals surface area contributed by atoms with Crippen molar-refractivity contribution in [1.82, 2.24) is 0 Å². The Hall–Kier alpha value is -0.610. The van der Waals surface area contributed by atoms with E-state index in [4.69, 9.17) is 0 Å². The molecule has 0 heterocycles. The van der Waals surface area contributed by atoms with Crippen molar-refractivity contribution >= 4 is 13.2 Å². The molecule has 1 aromatic rings. The smallest absolute Gasteiger partial charge is 0.0129 e. The van der Waals surface area contributed by atoms with Crippen LogP contribution in [-0.2, 0) is 6.42 Å². The Kier molecular flexibility index (Phi) is 4.18. The lowest BCUT2D eigenvalue weighted by molar-refractivity contribution is 1.22. The van der Waals surface area contributed by atoms with E-state index in [0.29, 0.717) is 0 Å². The topological polar surface area (TPSA) is 0 Å². The van der Waals surface area contributed by atoms with E-state index in [9.17, 15) is 0 Å². The molecule has 0 nitrogen and oxygen atoms in total. The van der Waals surface area contributed by atoms with Crippen molar-refractivity contribution in [2.45, 2.75) is 6.42 Å². The van der Waals surface area contributed by atoms with Crippen LogP contribution in [0.4, 0.5) is 0 Å². The monoisotopic (exact) mass is 191 g/mol. The Morgan fingerprint density at radius 1 is 1.31 bits per heavy atom. The standard InChI is InChI=1S/C12H16P/c1-4-5-8-11-9-6-7-10-12(11)13(2)3/h4-7,9-10H,1,8H2,2-3H3. The van der Waals surface area contributed by atoms with Crippen LogP contribution in [0.15, 0.2) is 36.9 Å². The fraction of sp³-hybridized carbons (Fsp3) is 0.250. The van der Waals surface area contributed by atoms with Crippen LogP contribution in [0.5, 0.6) is 0 Å². The molecule has 1 rings (SSSR count). The number of allylic oxidation sites excluding steroid dienone is 1. The summed E-state index contributed by atoms with van der Waals surface area (Å²) in [4.78, 5) is 0. The van der Waals surface area contributed by atoms with Crippen LogP contribution in [0.2, 0.25) is 0 Å². The molecule has 0 bridgehead atoms. The second-order valence-electron chi connectivity index (χ2n) is 3.20. The van der Waals surface area contributed by atoms with Gasteiger partial charge in [-0.1, -0.05) is 38.3 Å². The highest BCUT2D eigenvalue weighted by Gasteiger charge is 2.03. The van der Waals surface area contributed by atoms with Crippen molar-refractivity contribution in [3.05, 3.63) is 48.9 Å². The molecule has 0 amide bonds. The van der Waals surface area contributed by atoms with Crippen molar-refractivity contribution in [2.24, 2.45) is 0 Å². The van der Waals surface area contributed by atoms with E-state index in [1.807, 2.05) is 6.08 Å². The molecule has 0 saturated carbocycles. The molecule has 1 radical (unpaired) electrons. The third-order valence-corrected chi connectivity index (χ3v) is 3.38. The highest BCUT2D eigenvalue weighted by atomic mass is 31.1. The Labute approximate surface area is 82.4 Å². The largest absolute Gasteiger partial charge is 0.103 e. The quantitative estimate of drug-likeness (QED) is 0.642. The van der Waals surface area contributed by atoms with E-state index in [-0.39, 0.29) is 7.92 Å². The molecule has 0 fully saturated rings. The number of benzene rings is 1. The molecule has 13 heavy (non-hydrogen) atoms. The molecule has 0 unspecified atom stereocenters. The second kappa shape index (κ2) is 5.19. The van der Waals surface area contributed by atoms with Gasteiger partial charge in [-0.15, -0.1) is 6.58 Å². The summed E-state index contributed by atoms with van der Waals surface area (Å²) < 4.78 is 0. The fourth-order valence-corrected chi connectivity index (χ4v) is 2.45. The average Bonchev–Trinajstić information content (AvgIpc) is 2.15. The molecule has 1 heteroatoms. The summed E-state index contributed by atoms with van der Waals surface area (Å²) >= 11 is 0. The van der Waals surface area contributed by atoms with Crippen molar-refractivity contribution in [3.63, 3.8) is 0 Å². The molecule has 0 aliphatic rings. The van der Waals surface area contributed by atoms with Gasteiger partial charge < -0.3 is 0 Å². The van der Waals surface area contributed by atoms with E-state index in [2.05, 4.69) is 50.6 Å². The van der Waals surface area contributed by atoms with Gasteiger partial charge in [-0.2, -0.15) is 0 Å². The first kappa shape index (κ1) is 10.5. The zero-order valence-corrected chi connectivity index (χ0v) is 9.22. The summed E-state index contributed by atoms with van der Waals surface area (Å²) in [5.41, 5.74) is 1.44. The Bertz CT molecular complexity index is 276. The number of hydrogen-bond donors (Lipinski definition) is 0. The van der Waals surface area contributed by atoms with Gasteiger partial charge in [0.2, 0.25) is 0 Å². The predicted octanol–water partition coefficient (Wildman–Crippen LogP) is 2.99. The van der Waals surface area contributed by atoms with Crippen LogP contribution in [0, 0.1) is 6.42 Å². The zero-order valence-electron chi connectivity index (χ0n) is 8.33. The minimum absolute atomic E-state index is 0.0128. The first-order chi connectivity index (χ1) is 6.25. The Morgan fingerprint density at radius 3 is 2.62 bits per heavy atom. The van der Waals surface area contributed by atoms with Gasteiger partial charge in [-0.3, -0.25) is 0 Å². The molecular formula is C12H16P. The third-order valence-electron chi connectivity index (χ3n) is 1.98. The second-order valence-corrected chi connectivity index (χ2v) is 5.47. The van der Waals surface area contributed by atoms with Gasteiger partial charge in [0, 0.05) is 0 Å². The SMILES string of the molecule is C=C[CH]Cc1ccccc1P(C)C. The summed E-state index contributed by atoms with van der Waals surface area (Å²) in [7, 11) is 0.0128. The van der Waals surface area contributed by atoms with Gasteiger partial charge in [0.05, 0.1) is 0 Å². The van der Waals surface area contributed by atoms with Crippen LogP contribution in [-0.4, -0.2) is 13.3 Å². The van der Waals surface area contributed by atoms with Crippen LogP contribution in [0.25, 0.3) is 0 Å². The van der Waals surface area contributed by atoms with Crippen molar-refractivity contribution in [1.29, 1.82) is 0 Å². The molecule has 1 aromatic carbocycles. The summed E-state index contributed by atoms with van der Waals surface area (Å²) in [6.45, 7) is 8.29. The summed E-state index contributed by atoms with van der Waals surface area (Å²) in [6, 6.07) is 8.67. The highest BCUT2D eigenvalue weighted by molar-refractivity contribution is 7.64. The molecule has 0 atom stereocenters. The van der Waals surface area contributed by atoms with Crippen LogP contribution in [0.3, 0.4) is 0 Å². The van der Waals surface area contributed by atoms with Crippen molar-refractivity contribution < 1.29 is 0 Å².